The SMILES string of the molecule is COCCOCCn1c(C2CCCC2)nc2c1CCNC2. The van der Waals surface area contributed by atoms with Gasteiger partial charge in [0.2, 0.25) is 0 Å². The molecule has 1 fully saturated rings. The summed E-state index contributed by atoms with van der Waals surface area (Å²) in [5.41, 5.74) is 2.70. The van der Waals surface area contributed by atoms with E-state index in [4.69, 9.17) is 14.5 Å². The molecule has 21 heavy (non-hydrogen) atoms. The number of nitrogens with one attached hydrogen (secondary N) is 1. The molecule has 0 bridgehead atoms. The summed E-state index contributed by atoms with van der Waals surface area (Å²) < 4.78 is 13.1. The van der Waals surface area contributed by atoms with Crippen molar-refractivity contribution in [1.82, 2.24) is 14.9 Å². The standard InChI is InChI=1S/C16H27N3O2/c1-20-10-11-21-9-8-19-15-6-7-17-12-14(15)18-16(19)13-4-2-3-5-13/h13,17H,2-12H2,1H3. The van der Waals surface area contributed by atoms with Crippen LogP contribution in [0.25, 0.3) is 0 Å². The highest BCUT2D eigenvalue weighted by molar-refractivity contribution is 5.22. The molecule has 5 heteroatoms. The average Bonchev–Trinajstić information content (AvgIpc) is 3.14. The number of aromatic nitrogens is 2. The van der Waals surface area contributed by atoms with Crippen LogP contribution in [0.15, 0.2) is 0 Å². The van der Waals surface area contributed by atoms with Crippen molar-refractivity contribution in [2.45, 2.75) is 51.1 Å². The van der Waals surface area contributed by atoms with Gasteiger partial charge in [-0.15, -0.1) is 0 Å². The molecule has 0 atom stereocenters. The minimum Gasteiger partial charge on any atom is -0.382 e. The molecule has 118 valence electrons. The average molecular weight is 293 g/mol. The summed E-state index contributed by atoms with van der Waals surface area (Å²) in [6, 6.07) is 0. The fraction of sp³-hybridized carbons (Fsp3) is 0.812. The Hall–Kier alpha value is -0.910. The van der Waals surface area contributed by atoms with E-state index < -0.39 is 0 Å². The first-order valence-electron chi connectivity index (χ1n) is 8.25. The minimum absolute atomic E-state index is 0.662. The van der Waals surface area contributed by atoms with Crippen LogP contribution in [-0.4, -0.2) is 43.0 Å². The molecule has 0 aromatic carbocycles. The first-order chi connectivity index (χ1) is 10.4. The molecular formula is C16H27N3O2. The Morgan fingerprint density at radius 1 is 1.24 bits per heavy atom. The Morgan fingerprint density at radius 2 is 2.10 bits per heavy atom. The number of hydrogen-bond donors (Lipinski definition) is 1. The van der Waals surface area contributed by atoms with Crippen molar-refractivity contribution in [1.29, 1.82) is 0 Å². The highest BCUT2D eigenvalue weighted by Crippen LogP contribution is 2.35. The second-order valence-corrected chi connectivity index (χ2v) is 6.03. The van der Waals surface area contributed by atoms with E-state index in [0.29, 0.717) is 19.1 Å². The molecule has 1 aliphatic heterocycles. The molecule has 1 saturated carbocycles. The van der Waals surface area contributed by atoms with E-state index >= 15 is 0 Å². The van der Waals surface area contributed by atoms with Crippen molar-refractivity contribution in [3.8, 4) is 0 Å². The highest BCUT2D eigenvalue weighted by atomic mass is 16.5. The molecule has 0 unspecified atom stereocenters. The predicted octanol–water partition coefficient (Wildman–Crippen LogP) is 1.85. The van der Waals surface area contributed by atoms with E-state index in [1.807, 2.05) is 0 Å². The minimum atomic E-state index is 0.662. The number of ether oxygens (including phenoxy) is 2. The summed E-state index contributed by atoms with van der Waals surface area (Å²) >= 11 is 0. The van der Waals surface area contributed by atoms with E-state index in [-0.39, 0.29) is 0 Å². The third-order valence-corrected chi connectivity index (χ3v) is 4.63. The zero-order chi connectivity index (χ0) is 14.5. The molecule has 1 N–H and O–H groups in total. The molecule has 0 radical (unpaired) electrons. The summed E-state index contributed by atoms with van der Waals surface area (Å²) in [6.45, 7) is 5.01. The summed E-state index contributed by atoms with van der Waals surface area (Å²) in [5, 5.41) is 3.43. The number of nitrogens with zero attached hydrogens (tertiary/aromatic N) is 2. The van der Waals surface area contributed by atoms with Crippen molar-refractivity contribution >= 4 is 0 Å². The highest BCUT2D eigenvalue weighted by Gasteiger charge is 2.26. The van der Waals surface area contributed by atoms with E-state index in [0.717, 1.165) is 32.7 Å². The Morgan fingerprint density at radius 3 is 2.90 bits per heavy atom. The molecular weight excluding hydrogens is 266 g/mol. The van der Waals surface area contributed by atoms with Gasteiger partial charge in [0.25, 0.3) is 0 Å². The Bertz CT molecular complexity index is 453. The van der Waals surface area contributed by atoms with Gasteiger partial charge in [-0.3, -0.25) is 0 Å². The predicted molar refractivity (Wildman–Crippen MR) is 81.5 cm³/mol. The van der Waals surface area contributed by atoms with Gasteiger partial charge in [-0.2, -0.15) is 0 Å². The van der Waals surface area contributed by atoms with Gasteiger partial charge in [-0.25, -0.2) is 4.98 Å². The van der Waals surface area contributed by atoms with Crippen molar-refractivity contribution in [2.75, 3.05) is 33.5 Å². The molecule has 0 amide bonds. The number of imidazole rings is 1. The molecule has 0 spiro atoms. The topological polar surface area (TPSA) is 48.3 Å². The van der Waals surface area contributed by atoms with Crippen LogP contribution >= 0.6 is 0 Å². The van der Waals surface area contributed by atoms with Crippen molar-refractivity contribution in [2.24, 2.45) is 0 Å². The summed E-state index contributed by atoms with van der Waals surface area (Å²) in [7, 11) is 1.71. The van der Waals surface area contributed by atoms with Crippen molar-refractivity contribution in [3.63, 3.8) is 0 Å². The van der Waals surface area contributed by atoms with Crippen molar-refractivity contribution in [3.05, 3.63) is 17.2 Å². The number of methoxy groups -OCH3 is 1. The van der Waals surface area contributed by atoms with Crippen LogP contribution in [0, 0.1) is 0 Å². The Labute approximate surface area is 127 Å². The summed E-state index contributed by atoms with van der Waals surface area (Å²) in [4.78, 5) is 4.97. The lowest BCUT2D eigenvalue weighted by atomic mass is 10.1. The number of fused-ring (bicyclic) bond motifs is 1. The van der Waals surface area contributed by atoms with Gasteiger partial charge in [-0.05, 0) is 12.8 Å². The zero-order valence-electron chi connectivity index (χ0n) is 13.1. The van der Waals surface area contributed by atoms with Gasteiger partial charge in [0, 0.05) is 44.8 Å². The molecule has 2 aliphatic rings. The fourth-order valence-electron chi connectivity index (χ4n) is 3.54. The maximum absolute atomic E-state index is 5.67. The lowest BCUT2D eigenvalue weighted by Gasteiger charge is -2.18. The second kappa shape index (κ2) is 7.38. The first-order valence-corrected chi connectivity index (χ1v) is 8.25. The smallest absolute Gasteiger partial charge is 0.112 e. The first kappa shape index (κ1) is 15.0. The quantitative estimate of drug-likeness (QED) is 0.780. The molecule has 1 aliphatic carbocycles. The van der Waals surface area contributed by atoms with Crippen molar-refractivity contribution < 1.29 is 9.47 Å². The van der Waals surface area contributed by atoms with E-state index in [1.54, 1.807) is 7.11 Å². The van der Waals surface area contributed by atoms with E-state index in [1.165, 1.54) is 42.9 Å². The largest absolute Gasteiger partial charge is 0.382 e. The van der Waals surface area contributed by atoms with Gasteiger partial charge in [0.1, 0.15) is 5.82 Å². The van der Waals surface area contributed by atoms with E-state index in [2.05, 4.69) is 9.88 Å². The Kier molecular flexibility index (Phi) is 5.27. The molecule has 2 heterocycles. The van der Waals surface area contributed by atoms with Gasteiger partial charge in [-0.1, -0.05) is 12.8 Å². The molecule has 1 aromatic heterocycles. The maximum Gasteiger partial charge on any atom is 0.112 e. The normalized spacial score (nSPS) is 19.1. The fourth-order valence-corrected chi connectivity index (χ4v) is 3.54. The maximum atomic E-state index is 5.67. The zero-order valence-corrected chi connectivity index (χ0v) is 13.1. The van der Waals surface area contributed by atoms with Gasteiger partial charge in [0.15, 0.2) is 0 Å². The molecule has 3 rings (SSSR count). The monoisotopic (exact) mass is 293 g/mol. The van der Waals surface area contributed by atoms with E-state index in [9.17, 15) is 0 Å². The lowest BCUT2D eigenvalue weighted by molar-refractivity contribution is 0.0659. The lowest BCUT2D eigenvalue weighted by Crippen LogP contribution is -2.25. The van der Waals surface area contributed by atoms with Gasteiger partial charge >= 0.3 is 0 Å². The molecule has 1 aromatic rings. The summed E-state index contributed by atoms with van der Waals surface area (Å²) in [6.07, 6.45) is 6.39. The second-order valence-electron chi connectivity index (χ2n) is 6.03. The van der Waals surface area contributed by atoms with Crippen LogP contribution in [0.4, 0.5) is 0 Å². The third kappa shape index (κ3) is 3.47. The third-order valence-electron chi connectivity index (χ3n) is 4.63. The van der Waals surface area contributed by atoms with Crippen LogP contribution in [0.5, 0.6) is 0 Å². The Balaban J connectivity index is 1.70. The van der Waals surface area contributed by atoms with Crippen LogP contribution in [0.2, 0.25) is 0 Å². The number of rotatable bonds is 7. The van der Waals surface area contributed by atoms with Crippen LogP contribution in [-0.2, 0) is 29.0 Å². The van der Waals surface area contributed by atoms with Crippen LogP contribution in [0.3, 0.4) is 0 Å². The van der Waals surface area contributed by atoms with Gasteiger partial charge in [0.05, 0.1) is 25.5 Å². The molecule has 5 nitrogen and oxygen atoms in total. The summed E-state index contributed by atoms with van der Waals surface area (Å²) in [5.74, 6) is 1.98. The van der Waals surface area contributed by atoms with Gasteiger partial charge < -0.3 is 19.4 Å². The van der Waals surface area contributed by atoms with Crippen LogP contribution in [0.1, 0.15) is 48.8 Å². The number of hydrogen-bond acceptors (Lipinski definition) is 4. The van der Waals surface area contributed by atoms with Crippen LogP contribution < -0.4 is 5.32 Å². The molecule has 0 saturated heterocycles.